The monoisotopic (exact) mass is 310 g/mol. The smallest absolute Gasteiger partial charge is 0.315 e. The van der Waals surface area contributed by atoms with Gasteiger partial charge in [-0.2, -0.15) is 0 Å². The fourth-order valence-corrected chi connectivity index (χ4v) is 2.64. The summed E-state index contributed by atoms with van der Waals surface area (Å²) in [6.07, 6.45) is 0. The van der Waals surface area contributed by atoms with Gasteiger partial charge in [0.25, 0.3) is 0 Å². The minimum Gasteiger partial charge on any atom is -0.496 e. The van der Waals surface area contributed by atoms with Crippen LogP contribution >= 0.6 is 0 Å². The van der Waals surface area contributed by atoms with Gasteiger partial charge in [0.15, 0.2) is 0 Å². The van der Waals surface area contributed by atoms with Gasteiger partial charge in [-0.05, 0) is 39.0 Å². The molecule has 0 radical (unpaired) electrons. The maximum Gasteiger partial charge on any atom is 0.315 e. The van der Waals surface area contributed by atoms with Crippen LogP contribution in [0, 0.1) is 5.82 Å². The molecule has 0 bridgehead atoms. The Morgan fingerprint density at radius 3 is 2.55 bits per heavy atom. The van der Waals surface area contributed by atoms with E-state index in [0.29, 0.717) is 11.3 Å². The molecular weight excluding hydrogens is 287 g/mol. The van der Waals surface area contributed by atoms with E-state index in [1.807, 2.05) is 13.8 Å². The first kappa shape index (κ1) is 16.5. The van der Waals surface area contributed by atoms with Crippen molar-refractivity contribution in [3.8, 4) is 5.75 Å². The highest BCUT2D eigenvalue weighted by Crippen LogP contribution is 2.25. The van der Waals surface area contributed by atoms with E-state index in [9.17, 15) is 9.18 Å². The summed E-state index contributed by atoms with van der Waals surface area (Å²) in [5.74, 6) is 0.177. The van der Waals surface area contributed by atoms with Crippen molar-refractivity contribution < 1.29 is 13.9 Å². The molecule has 4 N–H and O–H groups in total. The molecule has 0 aromatic heterocycles. The van der Waals surface area contributed by atoms with Gasteiger partial charge in [-0.3, -0.25) is 10.9 Å². The minimum absolute atomic E-state index is 0.0263. The van der Waals surface area contributed by atoms with Crippen LogP contribution in [0.15, 0.2) is 18.2 Å². The molecule has 0 spiro atoms. The number of rotatable bonds is 4. The van der Waals surface area contributed by atoms with E-state index in [1.165, 1.54) is 19.2 Å². The SMILES string of the molecule is COc1ccc(F)cc1C(C)NC(=O)NC1C(C)NNC1C. The van der Waals surface area contributed by atoms with Crippen LogP contribution < -0.4 is 26.2 Å². The standard InChI is InChI=1S/C15H23FN4O2/c1-8(12-7-11(16)5-6-13(12)22-4)17-15(21)18-14-9(2)19-20-10(14)3/h5-10,14,19-20H,1-4H3,(H2,17,18,21). The van der Waals surface area contributed by atoms with Crippen LogP contribution in [0.1, 0.15) is 32.4 Å². The van der Waals surface area contributed by atoms with E-state index in [1.54, 1.807) is 13.0 Å². The molecule has 122 valence electrons. The van der Waals surface area contributed by atoms with E-state index >= 15 is 0 Å². The van der Waals surface area contributed by atoms with Crippen molar-refractivity contribution in [3.63, 3.8) is 0 Å². The number of carbonyl (C=O) groups is 1. The predicted octanol–water partition coefficient (Wildman–Crippen LogP) is 1.45. The van der Waals surface area contributed by atoms with Gasteiger partial charge in [-0.15, -0.1) is 0 Å². The number of hydrogen-bond donors (Lipinski definition) is 4. The molecule has 3 atom stereocenters. The Morgan fingerprint density at radius 1 is 1.32 bits per heavy atom. The van der Waals surface area contributed by atoms with Gasteiger partial charge in [0.05, 0.1) is 19.2 Å². The summed E-state index contributed by atoms with van der Waals surface area (Å²) < 4.78 is 18.6. The van der Waals surface area contributed by atoms with Gasteiger partial charge in [-0.1, -0.05) is 0 Å². The summed E-state index contributed by atoms with van der Waals surface area (Å²) >= 11 is 0. The molecule has 7 heteroatoms. The molecule has 1 heterocycles. The highest BCUT2D eigenvalue weighted by Gasteiger charge is 2.31. The Balaban J connectivity index is 2.01. The Labute approximate surface area is 129 Å². The van der Waals surface area contributed by atoms with E-state index in [4.69, 9.17) is 4.74 Å². The maximum atomic E-state index is 13.4. The zero-order valence-electron chi connectivity index (χ0n) is 13.2. The number of nitrogens with one attached hydrogen (secondary N) is 4. The summed E-state index contributed by atoms with van der Waals surface area (Å²) in [6, 6.07) is 3.80. The molecular formula is C15H23FN4O2. The Morgan fingerprint density at radius 2 is 1.95 bits per heavy atom. The second kappa shape index (κ2) is 6.93. The van der Waals surface area contributed by atoms with Crippen molar-refractivity contribution in [2.24, 2.45) is 0 Å². The lowest BCUT2D eigenvalue weighted by molar-refractivity contribution is 0.231. The van der Waals surface area contributed by atoms with Gasteiger partial charge in [0.1, 0.15) is 11.6 Å². The highest BCUT2D eigenvalue weighted by molar-refractivity contribution is 5.75. The molecule has 1 fully saturated rings. The van der Waals surface area contributed by atoms with Crippen LogP contribution in [-0.2, 0) is 0 Å². The third-order valence-electron chi connectivity index (χ3n) is 3.92. The van der Waals surface area contributed by atoms with Crippen LogP contribution in [0.5, 0.6) is 5.75 Å². The largest absolute Gasteiger partial charge is 0.496 e. The molecule has 1 aliphatic heterocycles. The van der Waals surface area contributed by atoms with Crippen LogP contribution in [0.4, 0.5) is 9.18 Å². The van der Waals surface area contributed by atoms with Crippen LogP contribution in [0.2, 0.25) is 0 Å². The number of carbonyl (C=O) groups excluding carboxylic acids is 1. The lowest BCUT2D eigenvalue weighted by Gasteiger charge is -2.23. The zero-order valence-corrected chi connectivity index (χ0v) is 13.2. The van der Waals surface area contributed by atoms with E-state index < -0.39 is 0 Å². The molecule has 2 rings (SSSR count). The molecule has 6 nitrogen and oxygen atoms in total. The van der Waals surface area contributed by atoms with Crippen molar-refractivity contribution >= 4 is 6.03 Å². The first-order chi connectivity index (χ1) is 10.4. The number of amides is 2. The topological polar surface area (TPSA) is 74.4 Å². The van der Waals surface area contributed by atoms with Crippen molar-refractivity contribution in [3.05, 3.63) is 29.6 Å². The molecule has 3 unspecified atom stereocenters. The predicted molar refractivity (Wildman–Crippen MR) is 82.0 cm³/mol. The third-order valence-corrected chi connectivity index (χ3v) is 3.92. The second-order valence-electron chi connectivity index (χ2n) is 5.62. The first-order valence-corrected chi connectivity index (χ1v) is 7.34. The Bertz CT molecular complexity index is 530. The summed E-state index contributed by atoms with van der Waals surface area (Å²) in [4.78, 5) is 12.1. The number of hydrazine groups is 1. The van der Waals surface area contributed by atoms with E-state index in [0.717, 1.165) is 0 Å². The number of hydrogen-bond acceptors (Lipinski definition) is 4. The van der Waals surface area contributed by atoms with Gasteiger partial charge in [0, 0.05) is 17.6 Å². The minimum atomic E-state index is -0.376. The number of methoxy groups -OCH3 is 1. The second-order valence-corrected chi connectivity index (χ2v) is 5.62. The van der Waals surface area contributed by atoms with Crippen molar-refractivity contribution in [2.75, 3.05) is 7.11 Å². The van der Waals surface area contributed by atoms with Crippen LogP contribution in [0.25, 0.3) is 0 Å². The van der Waals surface area contributed by atoms with Gasteiger partial charge >= 0.3 is 6.03 Å². The molecule has 2 amide bonds. The van der Waals surface area contributed by atoms with E-state index in [-0.39, 0.29) is 36.0 Å². The molecule has 1 saturated heterocycles. The number of ether oxygens (including phenoxy) is 1. The number of urea groups is 1. The van der Waals surface area contributed by atoms with Crippen LogP contribution in [-0.4, -0.2) is 31.3 Å². The quantitative estimate of drug-likeness (QED) is 0.679. The van der Waals surface area contributed by atoms with E-state index in [2.05, 4.69) is 21.5 Å². The normalized spacial score (nSPS) is 25.6. The first-order valence-electron chi connectivity index (χ1n) is 7.34. The van der Waals surface area contributed by atoms with Gasteiger partial charge in [-0.25, -0.2) is 9.18 Å². The maximum absolute atomic E-state index is 13.4. The van der Waals surface area contributed by atoms with Crippen molar-refractivity contribution in [1.29, 1.82) is 0 Å². The highest BCUT2D eigenvalue weighted by atomic mass is 19.1. The lowest BCUT2D eigenvalue weighted by atomic mass is 10.1. The summed E-state index contributed by atoms with van der Waals surface area (Å²) in [5.41, 5.74) is 6.75. The molecule has 1 aliphatic rings. The fourth-order valence-electron chi connectivity index (χ4n) is 2.64. The average molecular weight is 310 g/mol. The molecule has 1 aromatic rings. The summed E-state index contributed by atoms with van der Waals surface area (Å²) in [7, 11) is 1.52. The number of benzene rings is 1. The number of halogens is 1. The molecule has 22 heavy (non-hydrogen) atoms. The zero-order chi connectivity index (χ0) is 16.3. The Hall–Kier alpha value is -1.86. The lowest BCUT2D eigenvalue weighted by Crippen LogP contribution is -2.50. The summed E-state index contributed by atoms with van der Waals surface area (Å²) in [6.45, 7) is 5.76. The summed E-state index contributed by atoms with van der Waals surface area (Å²) in [5, 5.41) is 5.74. The van der Waals surface area contributed by atoms with Crippen molar-refractivity contribution in [2.45, 2.75) is 44.9 Å². The van der Waals surface area contributed by atoms with Gasteiger partial charge in [0.2, 0.25) is 0 Å². The molecule has 0 aliphatic carbocycles. The van der Waals surface area contributed by atoms with Crippen molar-refractivity contribution in [1.82, 2.24) is 21.5 Å². The fraction of sp³-hybridized carbons (Fsp3) is 0.533. The van der Waals surface area contributed by atoms with Gasteiger partial charge < -0.3 is 15.4 Å². The average Bonchev–Trinajstić information content (AvgIpc) is 2.79. The molecule has 1 aromatic carbocycles. The third kappa shape index (κ3) is 3.66. The Kier molecular flexibility index (Phi) is 5.20. The molecule has 0 saturated carbocycles. The van der Waals surface area contributed by atoms with Crippen LogP contribution in [0.3, 0.4) is 0 Å².